The Hall–Kier alpha value is 0.0900. The number of halogens is 2. The predicted molar refractivity (Wildman–Crippen MR) is 82.3 cm³/mol. The molecule has 1 aromatic heterocycles. The van der Waals surface area contributed by atoms with Crippen LogP contribution in [0.5, 0.6) is 0 Å². The van der Waals surface area contributed by atoms with Crippen LogP contribution in [0.15, 0.2) is 14.3 Å². The molecule has 0 atom stereocenters. The predicted octanol–water partition coefficient (Wildman–Crippen LogP) is 4.07. The van der Waals surface area contributed by atoms with Gasteiger partial charge in [-0.2, -0.15) is 0 Å². The van der Waals surface area contributed by atoms with Gasteiger partial charge in [-0.05, 0) is 49.8 Å². The largest absolute Gasteiger partial charge is 0.385 e. The van der Waals surface area contributed by atoms with Gasteiger partial charge in [0.25, 0.3) is 5.91 Å². The van der Waals surface area contributed by atoms with Gasteiger partial charge in [-0.1, -0.05) is 13.8 Å². The van der Waals surface area contributed by atoms with Gasteiger partial charge in [0.2, 0.25) is 0 Å². The zero-order chi connectivity index (χ0) is 13.8. The second-order valence-corrected chi connectivity index (χ2v) is 8.05. The topological polar surface area (TPSA) is 38.3 Å². The van der Waals surface area contributed by atoms with Gasteiger partial charge in [0, 0.05) is 24.7 Å². The Bertz CT molecular complexity index is 399. The van der Waals surface area contributed by atoms with Gasteiger partial charge in [-0.15, -0.1) is 11.3 Å². The van der Waals surface area contributed by atoms with Crippen molar-refractivity contribution in [1.29, 1.82) is 0 Å². The normalized spacial score (nSPS) is 11.6. The minimum absolute atomic E-state index is 0.0307. The van der Waals surface area contributed by atoms with Crippen molar-refractivity contribution in [2.24, 2.45) is 5.41 Å². The molecule has 0 radical (unpaired) electrons. The quantitative estimate of drug-likeness (QED) is 0.784. The summed E-state index contributed by atoms with van der Waals surface area (Å²) in [6.45, 7) is 5.58. The first-order valence-corrected chi connectivity index (χ1v) is 7.98. The summed E-state index contributed by atoms with van der Waals surface area (Å²) in [5.41, 5.74) is 0.0391. The van der Waals surface area contributed by atoms with Gasteiger partial charge in [0.05, 0.1) is 8.66 Å². The van der Waals surface area contributed by atoms with Crippen LogP contribution in [0.25, 0.3) is 0 Å². The van der Waals surface area contributed by atoms with E-state index in [0.29, 0.717) is 18.0 Å². The van der Waals surface area contributed by atoms with Crippen molar-refractivity contribution in [3.63, 3.8) is 0 Å². The maximum atomic E-state index is 12.0. The lowest BCUT2D eigenvalue weighted by Crippen LogP contribution is -2.34. The summed E-state index contributed by atoms with van der Waals surface area (Å²) in [7, 11) is 1.69. The molecule has 0 saturated carbocycles. The summed E-state index contributed by atoms with van der Waals surface area (Å²) in [6, 6.07) is 1.83. The number of thiophene rings is 1. The highest BCUT2D eigenvalue weighted by Crippen LogP contribution is 2.32. The summed E-state index contributed by atoms with van der Waals surface area (Å²) in [4.78, 5) is 12.7. The van der Waals surface area contributed by atoms with Gasteiger partial charge >= 0.3 is 0 Å². The van der Waals surface area contributed by atoms with Crippen LogP contribution in [0.1, 0.15) is 29.9 Å². The number of amides is 1. The van der Waals surface area contributed by atoms with Crippen LogP contribution in [0.4, 0.5) is 0 Å². The van der Waals surface area contributed by atoms with Crippen LogP contribution in [0, 0.1) is 5.41 Å². The Morgan fingerprint density at radius 3 is 2.67 bits per heavy atom. The minimum atomic E-state index is -0.0307. The summed E-state index contributed by atoms with van der Waals surface area (Å²) in [6.07, 6.45) is 0.918. The highest BCUT2D eigenvalue weighted by Gasteiger charge is 2.20. The maximum Gasteiger partial charge on any atom is 0.261 e. The Morgan fingerprint density at radius 2 is 2.17 bits per heavy atom. The number of carbonyl (C=O) groups is 1. The number of nitrogens with one attached hydrogen (secondary N) is 1. The molecule has 1 N–H and O–H groups in total. The highest BCUT2D eigenvalue weighted by molar-refractivity contribution is 9.13. The standard InChI is InChI=1S/C12H17Br2NO2S/c1-12(2,4-5-17-3)7-15-11(16)9-6-8(13)10(14)18-9/h6H,4-5,7H2,1-3H3,(H,15,16). The van der Waals surface area contributed by atoms with Crippen LogP contribution in [-0.2, 0) is 4.74 Å². The van der Waals surface area contributed by atoms with E-state index < -0.39 is 0 Å². The van der Waals surface area contributed by atoms with Crippen LogP contribution < -0.4 is 5.32 Å². The molecule has 18 heavy (non-hydrogen) atoms. The molecule has 0 bridgehead atoms. The van der Waals surface area contributed by atoms with Crippen molar-refractivity contribution < 1.29 is 9.53 Å². The third-order valence-corrected chi connectivity index (χ3v) is 5.83. The number of rotatable bonds is 6. The van der Waals surface area contributed by atoms with E-state index in [2.05, 4.69) is 51.0 Å². The zero-order valence-electron chi connectivity index (χ0n) is 10.7. The van der Waals surface area contributed by atoms with E-state index in [1.807, 2.05) is 6.07 Å². The van der Waals surface area contributed by atoms with Crippen LogP contribution >= 0.6 is 43.2 Å². The third kappa shape index (κ3) is 4.99. The van der Waals surface area contributed by atoms with E-state index in [4.69, 9.17) is 4.74 Å². The van der Waals surface area contributed by atoms with E-state index in [1.165, 1.54) is 11.3 Å². The molecule has 0 fully saturated rings. The lowest BCUT2D eigenvalue weighted by molar-refractivity contribution is 0.0925. The van der Waals surface area contributed by atoms with Gasteiger partial charge in [0.15, 0.2) is 0 Å². The molecule has 0 aromatic carbocycles. The molecule has 0 spiro atoms. The van der Waals surface area contributed by atoms with Crippen molar-refractivity contribution in [1.82, 2.24) is 5.32 Å². The van der Waals surface area contributed by atoms with Crippen molar-refractivity contribution in [2.75, 3.05) is 20.3 Å². The van der Waals surface area contributed by atoms with Crippen LogP contribution in [0.2, 0.25) is 0 Å². The Balaban J connectivity index is 2.50. The fourth-order valence-corrected chi connectivity index (χ4v) is 3.28. The number of hydrogen-bond acceptors (Lipinski definition) is 3. The van der Waals surface area contributed by atoms with E-state index in [-0.39, 0.29) is 11.3 Å². The Labute approximate surface area is 129 Å². The van der Waals surface area contributed by atoms with Crippen molar-refractivity contribution in [3.05, 3.63) is 19.2 Å². The van der Waals surface area contributed by atoms with Gasteiger partial charge in [0.1, 0.15) is 0 Å². The third-order valence-electron chi connectivity index (χ3n) is 2.58. The monoisotopic (exact) mass is 397 g/mol. The Morgan fingerprint density at radius 1 is 1.50 bits per heavy atom. The maximum absolute atomic E-state index is 12.0. The minimum Gasteiger partial charge on any atom is -0.385 e. The second kappa shape index (κ2) is 7.03. The molecular formula is C12H17Br2NO2S. The fourth-order valence-electron chi connectivity index (χ4n) is 1.33. The van der Waals surface area contributed by atoms with E-state index >= 15 is 0 Å². The molecule has 0 aliphatic carbocycles. The average Bonchev–Trinajstić information content (AvgIpc) is 2.64. The molecule has 0 saturated heterocycles. The molecular weight excluding hydrogens is 382 g/mol. The molecule has 1 heterocycles. The molecule has 1 amide bonds. The first-order chi connectivity index (χ1) is 8.35. The molecule has 0 unspecified atom stereocenters. The number of ether oxygens (including phenoxy) is 1. The van der Waals surface area contributed by atoms with Gasteiger partial charge < -0.3 is 10.1 Å². The molecule has 3 nitrogen and oxygen atoms in total. The lowest BCUT2D eigenvalue weighted by Gasteiger charge is -2.24. The number of hydrogen-bond donors (Lipinski definition) is 1. The first kappa shape index (κ1) is 16.1. The highest BCUT2D eigenvalue weighted by atomic mass is 79.9. The van der Waals surface area contributed by atoms with E-state index in [9.17, 15) is 4.79 Å². The lowest BCUT2D eigenvalue weighted by atomic mass is 9.90. The summed E-state index contributed by atoms with van der Waals surface area (Å²) in [5.74, 6) is -0.0307. The van der Waals surface area contributed by atoms with Gasteiger partial charge in [-0.3, -0.25) is 4.79 Å². The number of carbonyl (C=O) groups excluding carboxylic acids is 1. The van der Waals surface area contributed by atoms with Crippen LogP contribution in [0.3, 0.4) is 0 Å². The summed E-state index contributed by atoms with van der Waals surface area (Å²) >= 11 is 8.18. The molecule has 1 aromatic rings. The summed E-state index contributed by atoms with van der Waals surface area (Å²) < 4.78 is 6.91. The molecule has 1 rings (SSSR count). The van der Waals surface area contributed by atoms with Crippen LogP contribution in [-0.4, -0.2) is 26.2 Å². The first-order valence-electron chi connectivity index (χ1n) is 5.58. The molecule has 6 heteroatoms. The van der Waals surface area contributed by atoms with Gasteiger partial charge in [-0.25, -0.2) is 0 Å². The SMILES string of the molecule is COCCC(C)(C)CNC(=O)c1cc(Br)c(Br)s1. The Kier molecular flexibility index (Phi) is 6.30. The molecule has 102 valence electrons. The molecule has 0 aliphatic rings. The summed E-state index contributed by atoms with van der Waals surface area (Å²) in [5, 5.41) is 2.96. The fraction of sp³-hybridized carbons (Fsp3) is 0.583. The number of methoxy groups -OCH3 is 1. The van der Waals surface area contributed by atoms with Crippen molar-refractivity contribution in [2.45, 2.75) is 20.3 Å². The average molecular weight is 399 g/mol. The van der Waals surface area contributed by atoms with E-state index in [0.717, 1.165) is 14.7 Å². The second-order valence-electron chi connectivity index (χ2n) is 4.82. The van der Waals surface area contributed by atoms with Crippen molar-refractivity contribution in [3.8, 4) is 0 Å². The zero-order valence-corrected chi connectivity index (χ0v) is 14.7. The van der Waals surface area contributed by atoms with E-state index in [1.54, 1.807) is 7.11 Å². The molecule has 0 aliphatic heterocycles. The smallest absolute Gasteiger partial charge is 0.261 e. The van der Waals surface area contributed by atoms with Crippen molar-refractivity contribution >= 4 is 49.1 Å².